The molecule has 1 rings (SSSR count). The highest BCUT2D eigenvalue weighted by Crippen LogP contribution is 2.34. The SMILES string of the molecule is CC(C)c1cc(CN(C)C(C)C)c(CN(C)C(C)(C)C)cc1C(C)(C)C. The molecular weight excluding hydrogens is 316 g/mol. The third kappa shape index (κ3) is 6.09. The number of benzene rings is 1. The molecule has 0 amide bonds. The van der Waals surface area contributed by atoms with Gasteiger partial charge in [-0.3, -0.25) is 9.80 Å². The molecule has 0 saturated carbocycles. The van der Waals surface area contributed by atoms with Crippen LogP contribution in [0.4, 0.5) is 0 Å². The van der Waals surface area contributed by atoms with Gasteiger partial charge in [-0.15, -0.1) is 0 Å². The average Bonchev–Trinajstić information content (AvgIpc) is 2.45. The molecule has 0 aliphatic rings. The van der Waals surface area contributed by atoms with Crippen LogP contribution in [0.5, 0.6) is 0 Å². The topological polar surface area (TPSA) is 6.48 Å². The Bertz CT molecular complexity index is 585. The molecule has 1 aromatic carbocycles. The standard InChI is InChI=1S/C24H44N2/c1-17(2)21-13-19(15-25(11)18(3)4)20(14-22(21)23(5,6)7)16-26(12)24(8,9)10/h13-14,17-18H,15-16H2,1-12H3. The first-order valence-electron chi connectivity index (χ1n) is 10.2. The van der Waals surface area contributed by atoms with Gasteiger partial charge in [0.25, 0.3) is 0 Å². The summed E-state index contributed by atoms with van der Waals surface area (Å²) in [4.78, 5) is 4.90. The first-order chi connectivity index (χ1) is 11.6. The molecule has 0 N–H and O–H groups in total. The van der Waals surface area contributed by atoms with Crippen molar-refractivity contribution < 1.29 is 0 Å². The number of rotatable bonds is 6. The van der Waals surface area contributed by atoms with E-state index >= 15 is 0 Å². The fourth-order valence-corrected chi connectivity index (χ4v) is 3.07. The van der Waals surface area contributed by atoms with Crippen molar-refractivity contribution in [3.8, 4) is 0 Å². The fraction of sp³-hybridized carbons (Fsp3) is 0.750. The van der Waals surface area contributed by atoms with E-state index in [0.717, 1.165) is 13.1 Å². The molecule has 0 radical (unpaired) electrons. The minimum absolute atomic E-state index is 0.164. The van der Waals surface area contributed by atoms with E-state index in [2.05, 4.69) is 105 Å². The summed E-state index contributed by atoms with van der Waals surface area (Å²) in [6.45, 7) is 25.1. The average molecular weight is 361 g/mol. The molecule has 0 saturated heterocycles. The van der Waals surface area contributed by atoms with Crippen LogP contribution in [0.15, 0.2) is 12.1 Å². The molecule has 0 aromatic heterocycles. The minimum Gasteiger partial charge on any atom is -0.300 e. The van der Waals surface area contributed by atoms with Crippen molar-refractivity contribution in [3.05, 3.63) is 34.4 Å². The van der Waals surface area contributed by atoms with Gasteiger partial charge in [0, 0.05) is 24.7 Å². The maximum absolute atomic E-state index is 2.50. The van der Waals surface area contributed by atoms with Crippen molar-refractivity contribution in [3.63, 3.8) is 0 Å². The van der Waals surface area contributed by atoms with Gasteiger partial charge in [0.15, 0.2) is 0 Å². The Kier molecular flexibility index (Phi) is 7.52. The summed E-state index contributed by atoms with van der Waals surface area (Å²) in [6, 6.07) is 5.55. The van der Waals surface area contributed by atoms with E-state index in [4.69, 9.17) is 0 Å². The second kappa shape index (κ2) is 8.44. The first-order valence-corrected chi connectivity index (χ1v) is 10.2. The lowest BCUT2D eigenvalue weighted by molar-refractivity contribution is 0.166. The molecule has 0 aliphatic heterocycles. The molecule has 0 heterocycles. The monoisotopic (exact) mass is 360 g/mol. The maximum Gasteiger partial charge on any atom is 0.0239 e. The predicted molar refractivity (Wildman–Crippen MR) is 117 cm³/mol. The summed E-state index contributed by atoms with van der Waals surface area (Å²) in [6.07, 6.45) is 0. The molecule has 1 aromatic rings. The van der Waals surface area contributed by atoms with Crippen LogP contribution in [0.1, 0.15) is 97.4 Å². The Morgan fingerprint density at radius 2 is 1.31 bits per heavy atom. The summed E-state index contributed by atoms with van der Waals surface area (Å²) in [7, 11) is 4.47. The van der Waals surface area contributed by atoms with Crippen molar-refractivity contribution in [2.75, 3.05) is 14.1 Å². The van der Waals surface area contributed by atoms with Crippen LogP contribution >= 0.6 is 0 Å². The van der Waals surface area contributed by atoms with Crippen LogP contribution in [0.3, 0.4) is 0 Å². The molecule has 0 fully saturated rings. The van der Waals surface area contributed by atoms with E-state index < -0.39 is 0 Å². The van der Waals surface area contributed by atoms with Crippen LogP contribution < -0.4 is 0 Å². The number of hydrogen-bond donors (Lipinski definition) is 0. The van der Waals surface area contributed by atoms with Crippen molar-refractivity contribution in [2.24, 2.45) is 0 Å². The van der Waals surface area contributed by atoms with E-state index in [0.29, 0.717) is 12.0 Å². The molecule has 2 nitrogen and oxygen atoms in total. The van der Waals surface area contributed by atoms with Gasteiger partial charge >= 0.3 is 0 Å². The van der Waals surface area contributed by atoms with Gasteiger partial charge in [-0.05, 0) is 82.3 Å². The van der Waals surface area contributed by atoms with Crippen LogP contribution in [-0.4, -0.2) is 35.5 Å². The number of nitrogens with zero attached hydrogens (tertiary/aromatic N) is 2. The molecule has 26 heavy (non-hydrogen) atoms. The van der Waals surface area contributed by atoms with Crippen molar-refractivity contribution >= 4 is 0 Å². The summed E-state index contributed by atoms with van der Waals surface area (Å²) < 4.78 is 0. The van der Waals surface area contributed by atoms with Crippen molar-refractivity contribution in [1.82, 2.24) is 9.80 Å². The molecule has 0 aliphatic carbocycles. The zero-order chi connectivity index (χ0) is 20.4. The molecule has 0 spiro atoms. The van der Waals surface area contributed by atoms with E-state index in [1.807, 2.05) is 0 Å². The van der Waals surface area contributed by atoms with Gasteiger partial charge < -0.3 is 0 Å². The highest BCUT2D eigenvalue weighted by molar-refractivity contribution is 5.43. The van der Waals surface area contributed by atoms with Crippen LogP contribution in [0, 0.1) is 0 Å². The van der Waals surface area contributed by atoms with E-state index in [-0.39, 0.29) is 11.0 Å². The molecule has 0 atom stereocenters. The highest BCUT2D eigenvalue weighted by atomic mass is 15.2. The van der Waals surface area contributed by atoms with Gasteiger partial charge in [-0.1, -0.05) is 46.8 Å². The van der Waals surface area contributed by atoms with Gasteiger partial charge in [-0.2, -0.15) is 0 Å². The van der Waals surface area contributed by atoms with Gasteiger partial charge in [0.1, 0.15) is 0 Å². The molecule has 0 unspecified atom stereocenters. The van der Waals surface area contributed by atoms with Crippen LogP contribution in [0.2, 0.25) is 0 Å². The van der Waals surface area contributed by atoms with Crippen molar-refractivity contribution in [1.29, 1.82) is 0 Å². The van der Waals surface area contributed by atoms with E-state index in [1.54, 1.807) is 0 Å². The Balaban J connectivity index is 3.50. The minimum atomic E-state index is 0.164. The van der Waals surface area contributed by atoms with Crippen LogP contribution in [0.25, 0.3) is 0 Å². The lowest BCUT2D eigenvalue weighted by atomic mass is 9.78. The Hall–Kier alpha value is -0.860. The molecular formula is C24H44N2. The lowest BCUT2D eigenvalue weighted by Crippen LogP contribution is -2.38. The summed E-state index contributed by atoms with van der Waals surface area (Å²) in [5.41, 5.74) is 6.29. The van der Waals surface area contributed by atoms with Gasteiger partial charge in [-0.25, -0.2) is 0 Å². The zero-order valence-corrected chi connectivity index (χ0v) is 19.6. The maximum atomic E-state index is 2.50. The van der Waals surface area contributed by atoms with E-state index in [9.17, 15) is 0 Å². The summed E-state index contributed by atoms with van der Waals surface area (Å²) in [5, 5.41) is 0. The fourth-order valence-electron chi connectivity index (χ4n) is 3.07. The molecule has 0 bridgehead atoms. The normalized spacial score (nSPS) is 13.5. The Labute approximate surface area is 164 Å². The highest BCUT2D eigenvalue weighted by Gasteiger charge is 2.24. The lowest BCUT2D eigenvalue weighted by Gasteiger charge is -2.34. The first kappa shape index (κ1) is 23.2. The Morgan fingerprint density at radius 3 is 1.69 bits per heavy atom. The predicted octanol–water partition coefficient (Wildman–Crippen LogP) is 6.18. The van der Waals surface area contributed by atoms with Crippen LogP contribution in [-0.2, 0) is 18.5 Å². The Morgan fingerprint density at radius 1 is 0.808 bits per heavy atom. The van der Waals surface area contributed by atoms with Crippen molar-refractivity contribution in [2.45, 2.75) is 105 Å². The molecule has 2 heteroatoms. The third-order valence-corrected chi connectivity index (χ3v) is 5.66. The smallest absolute Gasteiger partial charge is 0.0239 e. The van der Waals surface area contributed by atoms with Gasteiger partial charge in [0.2, 0.25) is 0 Å². The summed E-state index contributed by atoms with van der Waals surface area (Å²) in [5.74, 6) is 0.543. The summed E-state index contributed by atoms with van der Waals surface area (Å²) >= 11 is 0. The quantitative estimate of drug-likeness (QED) is 0.598. The van der Waals surface area contributed by atoms with Gasteiger partial charge in [0.05, 0.1) is 0 Å². The number of hydrogen-bond acceptors (Lipinski definition) is 2. The largest absolute Gasteiger partial charge is 0.300 e. The molecule has 150 valence electrons. The van der Waals surface area contributed by atoms with E-state index in [1.165, 1.54) is 22.3 Å². The second-order valence-electron chi connectivity index (χ2n) is 10.6. The third-order valence-electron chi connectivity index (χ3n) is 5.66. The second-order valence-corrected chi connectivity index (χ2v) is 10.6. The zero-order valence-electron chi connectivity index (χ0n) is 19.6.